The maximum Gasteiger partial charge on any atom is 0.237 e. The van der Waals surface area contributed by atoms with Crippen molar-refractivity contribution in [3.8, 4) is 0 Å². The summed E-state index contributed by atoms with van der Waals surface area (Å²) < 4.78 is 0. The zero-order chi connectivity index (χ0) is 11.8. The van der Waals surface area contributed by atoms with Gasteiger partial charge in [0.25, 0.3) is 0 Å². The minimum absolute atomic E-state index is 0.111. The Morgan fingerprint density at radius 1 is 1.47 bits per heavy atom. The zero-order valence-electron chi connectivity index (χ0n) is 8.92. The van der Waals surface area contributed by atoms with Gasteiger partial charge in [0.15, 0.2) is 0 Å². The molecular formula is C11H11N5O. The van der Waals surface area contributed by atoms with E-state index in [0.29, 0.717) is 0 Å². The Morgan fingerprint density at radius 3 is 3.18 bits per heavy atom. The lowest BCUT2D eigenvalue weighted by Gasteiger charge is -2.09. The van der Waals surface area contributed by atoms with Crippen LogP contribution in [0.4, 0.5) is 0 Å². The summed E-state index contributed by atoms with van der Waals surface area (Å²) >= 11 is 0. The van der Waals surface area contributed by atoms with Gasteiger partial charge in [0.05, 0.1) is 11.0 Å². The average molecular weight is 229 g/mol. The van der Waals surface area contributed by atoms with Crippen molar-refractivity contribution in [1.29, 1.82) is 0 Å². The number of rotatable bonds is 1. The molecular weight excluding hydrogens is 218 g/mol. The summed E-state index contributed by atoms with van der Waals surface area (Å²) in [5.41, 5.74) is 12.1. The van der Waals surface area contributed by atoms with E-state index in [0.717, 1.165) is 16.3 Å². The third-order valence-corrected chi connectivity index (χ3v) is 2.95. The number of hydrazine groups is 1. The maximum atomic E-state index is 11.3. The van der Waals surface area contributed by atoms with Crippen LogP contribution in [0.5, 0.6) is 0 Å². The Morgan fingerprint density at radius 2 is 2.35 bits per heavy atom. The zero-order valence-corrected chi connectivity index (χ0v) is 8.92. The Labute approximate surface area is 96.9 Å². The number of allylic oxidation sites excluding steroid dienone is 1. The van der Waals surface area contributed by atoms with Crippen LogP contribution >= 0.6 is 0 Å². The summed E-state index contributed by atoms with van der Waals surface area (Å²) in [7, 11) is 0. The molecule has 1 aliphatic heterocycles. The van der Waals surface area contributed by atoms with Crippen molar-refractivity contribution in [1.82, 2.24) is 20.8 Å². The summed E-state index contributed by atoms with van der Waals surface area (Å²) in [6.07, 6.45) is 8.97. The van der Waals surface area contributed by atoms with Crippen LogP contribution in [-0.2, 0) is 4.79 Å². The van der Waals surface area contributed by atoms with Crippen molar-refractivity contribution in [3.63, 3.8) is 0 Å². The van der Waals surface area contributed by atoms with Crippen LogP contribution in [0.3, 0.4) is 0 Å². The number of nitrogens with two attached hydrogens (primary N) is 1. The number of nitrogens with one attached hydrogen (secondary N) is 2. The van der Waals surface area contributed by atoms with E-state index in [1.165, 1.54) is 6.33 Å². The summed E-state index contributed by atoms with van der Waals surface area (Å²) in [6, 6.07) is -0.449. The van der Waals surface area contributed by atoms with Gasteiger partial charge in [0.1, 0.15) is 12.4 Å². The molecule has 17 heavy (non-hydrogen) atoms. The topological polar surface area (TPSA) is 92.9 Å². The highest BCUT2D eigenvalue weighted by atomic mass is 16.1. The van der Waals surface area contributed by atoms with Crippen molar-refractivity contribution in [3.05, 3.63) is 35.2 Å². The molecule has 1 aliphatic carbocycles. The molecule has 0 radical (unpaired) electrons. The van der Waals surface area contributed by atoms with Gasteiger partial charge in [-0.3, -0.25) is 4.79 Å². The van der Waals surface area contributed by atoms with Crippen molar-refractivity contribution < 1.29 is 4.79 Å². The smallest absolute Gasteiger partial charge is 0.237 e. The molecule has 6 heteroatoms. The number of carbonyl (C=O) groups excluding carboxylic acids is 1. The molecule has 1 fully saturated rings. The Kier molecular flexibility index (Phi) is 2.15. The molecule has 86 valence electrons. The van der Waals surface area contributed by atoms with E-state index in [-0.39, 0.29) is 11.8 Å². The molecule has 1 aromatic heterocycles. The standard InChI is InChI=1S/C11H11N5O/c12-11(17)10-7-3-1-2-6-4-13-5-14-8(6)9(7)15-16-10/h1-5,7,10,15-16H,(H2,12,17). The maximum absolute atomic E-state index is 11.3. The number of hydrogen-bond acceptors (Lipinski definition) is 5. The van der Waals surface area contributed by atoms with Gasteiger partial charge in [-0.25, -0.2) is 15.4 Å². The molecule has 2 unspecified atom stereocenters. The van der Waals surface area contributed by atoms with Crippen molar-refractivity contribution in [2.24, 2.45) is 11.7 Å². The predicted octanol–water partition coefficient (Wildman–Crippen LogP) is -2.49. The Bertz CT molecular complexity index is 621. The predicted molar refractivity (Wildman–Crippen MR) is 61.0 cm³/mol. The van der Waals surface area contributed by atoms with Crippen molar-refractivity contribution in [2.75, 3.05) is 0 Å². The molecule has 0 bridgehead atoms. The molecule has 2 aliphatic rings. The second-order valence-corrected chi connectivity index (χ2v) is 3.97. The second kappa shape index (κ2) is 3.67. The van der Waals surface area contributed by atoms with Crippen LogP contribution in [-0.4, -0.2) is 21.9 Å². The van der Waals surface area contributed by atoms with E-state index in [1.54, 1.807) is 6.20 Å². The molecule has 0 spiro atoms. The first kappa shape index (κ1) is 9.98. The fourth-order valence-electron chi connectivity index (χ4n) is 2.13. The number of carbonyl (C=O) groups is 1. The van der Waals surface area contributed by atoms with Gasteiger partial charge < -0.3 is 11.2 Å². The lowest BCUT2D eigenvalue weighted by molar-refractivity contribution is -0.120. The largest absolute Gasteiger partial charge is 0.368 e. The first-order valence-corrected chi connectivity index (χ1v) is 5.27. The van der Waals surface area contributed by atoms with E-state index in [2.05, 4.69) is 20.8 Å². The van der Waals surface area contributed by atoms with E-state index < -0.39 is 6.04 Å². The fourth-order valence-corrected chi connectivity index (χ4v) is 2.13. The van der Waals surface area contributed by atoms with Gasteiger partial charge >= 0.3 is 0 Å². The quantitative estimate of drug-likeness (QED) is 0.495. The van der Waals surface area contributed by atoms with E-state index in [9.17, 15) is 4.79 Å². The summed E-state index contributed by atoms with van der Waals surface area (Å²) in [5, 5.41) is 1.71. The summed E-state index contributed by atoms with van der Waals surface area (Å²) in [4.78, 5) is 19.5. The van der Waals surface area contributed by atoms with E-state index in [4.69, 9.17) is 5.73 Å². The first-order chi connectivity index (χ1) is 8.27. The first-order valence-electron chi connectivity index (χ1n) is 5.27. The van der Waals surface area contributed by atoms with Gasteiger partial charge in [-0.1, -0.05) is 18.2 Å². The monoisotopic (exact) mass is 229 g/mol. The van der Waals surface area contributed by atoms with Gasteiger partial charge in [0, 0.05) is 17.3 Å². The van der Waals surface area contributed by atoms with E-state index >= 15 is 0 Å². The van der Waals surface area contributed by atoms with Gasteiger partial charge in [-0.05, 0) is 0 Å². The highest BCUT2D eigenvalue weighted by molar-refractivity contribution is 5.84. The lowest BCUT2D eigenvalue weighted by atomic mass is 9.98. The number of amides is 1. The normalized spacial score (nSPS) is 25.3. The minimum Gasteiger partial charge on any atom is -0.368 e. The highest BCUT2D eigenvalue weighted by Crippen LogP contribution is 2.20. The molecule has 0 aromatic carbocycles. The summed E-state index contributed by atoms with van der Waals surface area (Å²) in [5.74, 6) is -0.500. The molecule has 1 aromatic rings. The lowest BCUT2D eigenvalue weighted by Crippen LogP contribution is -2.42. The third kappa shape index (κ3) is 1.50. The van der Waals surface area contributed by atoms with Crippen LogP contribution in [0, 0.1) is 5.92 Å². The Balaban J connectivity index is 2.24. The SMILES string of the molecule is NC(=O)C1NNC2=c3ncncc3=CC=CC21. The van der Waals surface area contributed by atoms with Crippen LogP contribution in [0.15, 0.2) is 24.7 Å². The van der Waals surface area contributed by atoms with Crippen LogP contribution in [0.2, 0.25) is 0 Å². The highest BCUT2D eigenvalue weighted by Gasteiger charge is 2.34. The van der Waals surface area contributed by atoms with Gasteiger partial charge in [-0.15, -0.1) is 0 Å². The molecule has 1 saturated heterocycles. The average Bonchev–Trinajstić information content (AvgIpc) is 2.66. The summed E-state index contributed by atoms with van der Waals surface area (Å²) in [6.45, 7) is 0. The number of nitrogens with zero attached hydrogens (tertiary/aromatic N) is 2. The van der Waals surface area contributed by atoms with Crippen molar-refractivity contribution in [2.45, 2.75) is 6.04 Å². The molecule has 3 rings (SSSR count). The molecule has 4 N–H and O–H groups in total. The number of aromatic nitrogens is 2. The van der Waals surface area contributed by atoms with Crippen LogP contribution < -0.4 is 27.2 Å². The molecule has 2 atom stereocenters. The van der Waals surface area contributed by atoms with E-state index in [1.807, 2.05) is 18.2 Å². The number of primary amides is 1. The molecule has 2 heterocycles. The molecule has 0 saturated carbocycles. The van der Waals surface area contributed by atoms with Gasteiger partial charge in [-0.2, -0.15) is 0 Å². The third-order valence-electron chi connectivity index (χ3n) is 2.95. The minimum atomic E-state index is -0.449. The van der Waals surface area contributed by atoms with Crippen molar-refractivity contribution >= 4 is 17.7 Å². The van der Waals surface area contributed by atoms with Gasteiger partial charge in [0.2, 0.25) is 5.91 Å². The fraction of sp³-hybridized carbons (Fsp3) is 0.182. The van der Waals surface area contributed by atoms with Crippen LogP contribution in [0.1, 0.15) is 0 Å². The van der Waals surface area contributed by atoms with Crippen LogP contribution in [0.25, 0.3) is 11.8 Å². The second-order valence-electron chi connectivity index (χ2n) is 3.97. The molecule has 1 amide bonds. The Hall–Kier alpha value is -2.21. The number of hydrogen-bond donors (Lipinski definition) is 3. The molecule has 6 nitrogen and oxygen atoms in total. The number of fused-ring (bicyclic) bond motifs is 2.